The minimum atomic E-state index is -3.29. The molecule has 2 rings (SSSR count). The lowest BCUT2D eigenvalue weighted by Gasteiger charge is -2.08. The number of ether oxygens (including phenoxy) is 1. The second-order valence-electron chi connectivity index (χ2n) is 4.83. The zero-order valence-electron chi connectivity index (χ0n) is 12.5. The van der Waals surface area contributed by atoms with Gasteiger partial charge < -0.3 is 10.1 Å². The van der Waals surface area contributed by atoms with Crippen molar-refractivity contribution < 1.29 is 13.2 Å². The first-order chi connectivity index (χ1) is 10.5. The van der Waals surface area contributed by atoms with Crippen LogP contribution in [0.25, 0.3) is 0 Å². The average Bonchev–Trinajstić information content (AvgIpc) is 2.48. The third-order valence-electron chi connectivity index (χ3n) is 2.96. The normalized spacial score (nSPS) is 11.0. The molecule has 118 valence electrons. The number of aromatic nitrogens is 1. The van der Waals surface area contributed by atoms with E-state index in [2.05, 4.69) is 15.0 Å². The van der Waals surface area contributed by atoms with Gasteiger partial charge in [-0.3, -0.25) is 4.72 Å². The van der Waals surface area contributed by atoms with Crippen molar-refractivity contribution in [3.8, 4) is 5.75 Å². The van der Waals surface area contributed by atoms with E-state index < -0.39 is 10.0 Å². The molecule has 1 aromatic heterocycles. The van der Waals surface area contributed by atoms with Crippen LogP contribution < -0.4 is 14.8 Å². The van der Waals surface area contributed by atoms with Gasteiger partial charge in [0.05, 0.1) is 25.2 Å². The summed E-state index contributed by atoms with van der Waals surface area (Å²) in [6.07, 6.45) is 3.56. The molecule has 0 aliphatic rings. The summed E-state index contributed by atoms with van der Waals surface area (Å²) in [7, 11) is -1.65. The molecule has 6 nitrogen and oxygen atoms in total. The fourth-order valence-electron chi connectivity index (χ4n) is 1.89. The smallest absolute Gasteiger partial charge is 0.230 e. The standard InChI is InChI=1S/C15H19N3O3S/c1-21-14-6-3-12(4-7-14)9-10-16-13-5-8-15(17-11-13)18-22(2,19)20/h3-8,11,16H,9-10H2,1-2H3,(H,17,18). The fraction of sp³-hybridized carbons (Fsp3) is 0.267. The van der Waals surface area contributed by atoms with E-state index in [9.17, 15) is 8.42 Å². The van der Waals surface area contributed by atoms with Gasteiger partial charge in [0.15, 0.2) is 0 Å². The summed E-state index contributed by atoms with van der Waals surface area (Å²) >= 11 is 0. The summed E-state index contributed by atoms with van der Waals surface area (Å²) in [5.74, 6) is 1.15. The molecule has 0 unspecified atom stereocenters. The van der Waals surface area contributed by atoms with Crippen molar-refractivity contribution in [2.75, 3.05) is 29.9 Å². The first-order valence-electron chi connectivity index (χ1n) is 6.77. The Morgan fingerprint density at radius 3 is 2.41 bits per heavy atom. The largest absolute Gasteiger partial charge is 0.497 e. The van der Waals surface area contributed by atoms with E-state index in [1.54, 1.807) is 25.4 Å². The summed E-state index contributed by atoms with van der Waals surface area (Å²) in [4.78, 5) is 4.04. The van der Waals surface area contributed by atoms with Gasteiger partial charge in [-0.1, -0.05) is 12.1 Å². The Hall–Kier alpha value is -2.28. The quantitative estimate of drug-likeness (QED) is 0.816. The highest BCUT2D eigenvalue weighted by molar-refractivity contribution is 7.92. The van der Waals surface area contributed by atoms with Gasteiger partial charge in [-0.05, 0) is 36.2 Å². The van der Waals surface area contributed by atoms with Gasteiger partial charge in [0.25, 0.3) is 0 Å². The highest BCUT2D eigenvalue weighted by atomic mass is 32.2. The SMILES string of the molecule is COc1ccc(CCNc2ccc(NS(C)(=O)=O)nc2)cc1. The van der Waals surface area contributed by atoms with E-state index >= 15 is 0 Å². The number of sulfonamides is 1. The number of nitrogens with zero attached hydrogens (tertiary/aromatic N) is 1. The Kier molecular flexibility index (Phi) is 5.21. The predicted octanol–water partition coefficient (Wildman–Crippen LogP) is 2.12. The number of nitrogens with one attached hydrogen (secondary N) is 2. The molecule has 0 fully saturated rings. The van der Waals surface area contributed by atoms with E-state index in [-0.39, 0.29) is 0 Å². The van der Waals surface area contributed by atoms with Crippen molar-refractivity contribution >= 4 is 21.5 Å². The maximum atomic E-state index is 11.1. The maximum absolute atomic E-state index is 11.1. The molecule has 0 amide bonds. The van der Waals surface area contributed by atoms with Crippen LogP contribution in [0.1, 0.15) is 5.56 Å². The molecule has 7 heteroatoms. The first kappa shape index (κ1) is 16.1. The molecule has 1 heterocycles. The zero-order chi connectivity index (χ0) is 16.0. The Morgan fingerprint density at radius 2 is 1.86 bits per heavy atom. The number of hydrogen-bond donors (Lipinski definition) is 2. The Morgan fingerprint density at radius 1 is 1.14 bits per heavy atom. The lowest BCUT2D eigenvalue weighted by Crippen LogP contribution is -2.11. The average molecular weight is 321 g/mol. The first-order valence-corrected chi connectivity index (χ1v) is 8.66. The molecular formula is C15H19N3O3S. The molecule has 0 atom stereocenters. The molecular weight excluding hydrogens is 302 g/mol. The summed E-state index contributed by atoms with van der Waals surface area (Å²) in [6.45, 7) is 0.757. The van der Waals surface area contributed by atoms with E-state index in [1.165, 1.54) is 5.56 Å². The minimum absolute atomic E-state index is 0.309. The molecule has 0 saturated carbocycles. The topological polar surface area (TPSA) is 80.3 Å². The monoisotopic (exact) mass is 321 g/mol. The molecule has 0 saturated heterocycles. The molecule has 0 bridgehead atoms. The van der Waals surface area contributed by atoms with Crippen LogP contribution >= 0.6 is 0 Å². The predicted molar refractivity (Wildman–Crippen MR) is 87.9 cm³/mol. The highest BCUT2D eigenvalue weighted by Gasteiger charge is 2.02. The Balaban J connectivity index is 1.83. The van der Waals surface area contributed by atoms with E-state index in [0.717, 1.165) is 30.7 Å². The van der Waals surface area contributed by atoms with Crippen molar-refractivity contribution in [1.29, 1.82) is 0 Å². The van der Waals surface area contributed by atoms with Crippen LogP contribution in [0, 0.1) is 0 Å². The fourth-order valence-corrected chi connectivity index (χ4v) is 2.39. The second-order valence-corrected chi connectivity index (χ2v) is 6.58. The molecule has 0 radical (unpaired) electrons. The van der Waals surface area contributed by atoms with Crippen LogP contribution in [0.2, 0.25) is 0 Å². The maximum Gasteiger partial charge on any atom is 0.230 e. The van der Waals surface area contributed by atoms with Crippen LogP contribution in [-0.4, -0.2) is 33.3 Å². The van der Waals surface area contributed by atoms with Gasteiger partial charge in [-0.25, -0.2) is 13.4 Å². The molecule has 1 aromatic carbocycles. The molecule has 0 spiro atoms. The van der Waals surface area contributed by atoms with Crippen LogP contribution in [0.4, 0.5) is 11.5 Å². The lowest BCUT2D eigenvalue weighted by atomic mass is 10.1. The minimum Gasteiger partial charge on any atom is -0.497 e. The summed E-state index contributed by atoms with van der Waals surface area (Å²) in [5, 5.41) is 3.24. The van der Waals surface area contributed by atoms with E-state index in [0.29, 0.717) is 5.82 Å². The molecule has 0 aliphatic carbocycles. The Labute approximate surface area is 130 Å². The van der Waals surface area contributed by atoms with Crippen molar-refractivity contribution in [1.82, 2.24) is 4.98 Å². The zero-order valence-corrected chi connectivity index (χ0v) is 13.4. The van der Waals surface area contributed by atoms with Crippen LogP contribution in [0.15, 0.2) is 42.6 Å². The number of methoxy groups -OCH3 is 1. The third-order valence-corrected chi connectivity index (χ3v) is 3.54. The van der Waals surface area contributed by atoms with Gasteiger partial charge in [0.1, 0.15) is 11.6 Å². The van der Waals surface area contributed by atoms with Crippen molar-refractivity contribution in [2.45, 2.75) is 6.42 Å². The van der Waals surface area contributed by atoms with Crippen molar-refractivity contribution in [2.24, 2.45) is 0 Å². The summed E-state index contributed by atoms with van der Waals surface area (Å²) in [5.41, 5.74) is 2.05. The highest BCUT2D eigenvalue weighted by Crippen LogP contribution is 2.13. The van der Waals surface area contributed by atoms with Gasteiger partial charge in [0, 0.05) is 6.54 Å². The second kappa shape index (κ2) is 7.13. The Bertz CT molecular complexity index is 698. The van der Waals surface area contributed by atoms with Crippen molar-refractivity contribution in [3.63, 3.8) is 0 Å². The van der Waals surface area contributed by atoms with Gasteiger partial charge in [-0.15, -0.1) is 0 Å². The summed E-state index contributed by atoms with van der Waals surface area (Å²) < 4.78 is 29.6. The number of pyridine rings is 1. The van der Waals surface area contributed by atoms with Gasteiger partial charge in [-0.2, -0.15) is 0 Å². The number of benzene rings is 1. The van der Waals surface area contributed by atoms with Gasteiger partial charge >= 0.3 is 0 Å². The third kappa shape index (κ3) is 5.25. The molecule has 2 aromatic rings. The molecule has 2 N–H and O–H groups in total. The van der Waals surface area contributed by atoms with E-state index in [4.69, 9.17) is 4.74 Å². The van der Waals surface area contributed by atoms with Crippen molar-refractivity contribution in [3.05, 3.63) is 48.2 Å². The van der Waals surface area contributed by atoms with Gasteiger partial charge in [0.2, 0.25) is 10.0 Å². The number of hydrogen-bond acceptors (Lipinski definition) is 5. The lowest BCUT2D eigenvalue weighted by molar-refractivity contribution is 0.414. The van der Waals surface area contributed by atoms with Crippen LogP contribution in [0.3, 0.4) is 0 Å². The molecule has 0 aliphatic heterocycles. The van der Waals surface area contributed by atoms with Crippen LogP contribution in [-0.2, 0) is 16.4 Å². The molecule has 22 heavy (non-hydrogen) atoms. The van der Waals surface area contributed by atoms with E-state index in [1.807, 2.05) is 24.3 Å². The van der Waals surface area contributed by atoms with Crippen LogP contribution in [0.5, 0.6) is 5.75 Å². The number of rotatable bonds is 7. The summed E-state index contributed by atoms with van der Waals surface area (Å²) in [6, 6.07) is 11.3. The number of anilines is 2.